The molecule has 2 amide bonds. The van der Waals surface area contributed by atoms with Crippen LogP contribution in [0.2, 0.25) is 0 Å². The van der Waals surface area contributed by atoms with E-state index in [0.29, 0.717) is 11.3 Å². The van der Waals surface area contributed by atoms with Gasteiger partial charge in [-0.05, 0) is 30.7 Å². The molecule has 0 spiro atoms. The van der Waals surface area contributed by atoms with Crippen molar-refractivity contribution in [1.29, 1.82) is 0 Å². The molecule has 0 saturated carbocycles. The van der Waals surface area contributed by atoms with Gasteiger partial charge < -0.3 is 20.1 Å². The largest absolute Gasteiger partial charge is 0.481 e. The second kappa shape index (κ2) is 6.09. The van der Waals surface area contributed by atoms with Crippen LogP contribution >= 0.6 is 0 Å². The van der Waals surface area contributed by atoms with Gasteiger partial charge in [0.25, 0.3) is 0 Å². The molecule has 0 radical (unpaired) electrons. The van der Waals surface area contributed by atoms with E-state index < -0.39 is 24.0 Å². The van der Waals surface area contributed by atoms with Crippen LogP contribution in [0, 0.1) is 18.7 Å². The third-order valence-corrected chi connectivity index (χ3v) is 3.62. The molecular weight excluding hydrogens is 279 g/mol. The number of hydrogen-bond donors (Lipinski definition) is 2. The van der Waals surface area contributed by atoms with Crippen LogP contribution in [0.25, 0.3) is 0 Å². The molecule has 0 aliphatic carbocycles. The molecular formula is C14H17FN2O4. The molecule has 2 unspecified atom stereocenters. The molecule has 2 rings (SSSR count). The summed E-state index contributed by atoms with van der Waals surface area (Å²) in [6.07, 6.45) is 0. The molecule has 2 atom stereocenters. The van der Waals surface area contributed by atoms with E-state index in [4.69, 9.17) is 9.84 Å². The van der Waals surface area contributed by atoms with Crippen LogP contribution in [0.5, 0.6) is 0 Å². The number of aryl methyl sites for hydroxylation is 1. The number of carboxylic acid groups (broad SMARTS) is 1. The van der Waals surface area contributed by atoms with Crippen LogP contribution in [-0.2, 0) is 9.53 Å². The van der Waals surface area contributed by atoms with Crippen molar-refractivity contribution >= 4 is 17.7 Å². The normalized spacial score (nSPS) is 21.1. The molecule has 1 saturated heterocycles. The fraction of sp³-hybridized carbons (Fsp3) is 0.429. The van der Waals surface area contributed by atoms with Gasteiger partial charge in [0.05, 0.1) is 19.3 Å². The molecule has 1 aliphatic rings. The van der Waals surface area contributed by atoms with Crippen molar-refractivity contribution < 1.29 is 23.8 Å². The molecule has 114 valence electrons. The van der Waals surface area contributed by atoms with Crippen molar-refractivity contribution in [1.82, 2.24) is 4.90 Å². The number of nitrogens with zero attached hydrogens (tertiary/aromatic N) is 1. The molecule has 2 N–H and O–H groups in total. The van der Waals surface area contributed by atoms with Gasteiger partial charge in [0.2, 0.25) is 0 Å². The van der Waals surface area contributed by atoms with Crippen molar-refractivity contribution in [3.8, 4) is 0 Å². The van der Waals surface area contributed by atoms with Crippen LogP contribution in [0.3, 0.4) is 0 Å². The highest BCUT2D eigenvalue weighted by Gasteiger charge is 2.38. The quantitative estimate of drug-likeness (QED) is 0.890. The Morgan fingerprint density at radius 3 is 2.76 bits per heavy atom. The average molecular weight is 296 g/mol. The maximum atomic E-state index is 13.0. The molecule has 1 aliphatic heterocycles. The summed E-state index contributed by atoms with van der Waals surface area (Å²) in [5.74, 6) is -2.11. The second-order valence-corrected chi connectivity index (χ2v) is 5.05. The molecule has 1 heterocycles. The van der Waals surface area contributed by atoms with Crippen molar-refractivity contribution in [2.75, 3.05) is 25.6 Å². The van der Waals surface area contributed by atoms with Crippen LogP contribution < -0.4 is 5.32 Å². The lowest BCUT2D eigenvalue weighted by Gasteiger charge is -2.26. The molecule has 1 aromatic carbocycles. The van der Waals surface area contributed by atoms with Gasteiger partial charge in [-0.3, -0.25) is 4.79 Å². The van der Waals surface area contributed by atoms with Gasteiger partial charge in [-0.25, -0.2) is 9.18 Å². The average Bonchev–Trinajstić information content (AvgIpc) is 2.90. The lowest BCUT2D eigenvalue weighted by molar-refractivity contribution is -0.142. The van der Waals surface area contributed by atoms with E-state index in [1.54, 1.807) is 6.92 Å². The number of nitrogens with one attached hydrogen (secondary N) is 1. The Morgan fingerprint density at radius 2 is 2.14 bits per heavy atom. The lowest BCUT2D eigenvalue weighted by atomic mass is 10.0. The molecule has 6 nitrogen and oxygen atoms in total. The molecule has 7 heteroatoms. The van der Waals surface area contributed by atoms with Crippen molar-refractivity contribution in [2.24, 2.45) is 5.92 Å². The summed E-state index contributed by atoms with van der Waals surface area (Å²) in [5, 5.41) is 11.7. The number of benzene rings is 1. The number of hydrogen-bond acceptors (Lipinski definition) is 3. The smallest absolute Gasteiger partial charge is 0.321 e. The van der Waals surface area contributed by atoms with Crippen LogP contribution in [0.4, 0.5) is 14.9 Å². The Bertz CT molecular complexity index is 564. The Balaban J connectivity index is 2.07. The molecule has 0 aromatic heterocycles. The Labute approximate surface area is 121 Å². The van der Waals surface area contributed by atoms with E-state index in [1.165, 1.54) is 30.1 Å². The van der Waals surface area contributed by atoms with Crippen LogP contribution in [-0.4, -0.2) is 48.3 Å². The van der Waals surface area contributed by atoms with Gasteiger partial charge in [0.15, 0.2) is 0 Å². The lowest BCUT2D eigenvalue weighted by Crippen LogP contribution is -2.46. The van der Waals surface area contributed by atoms with Crippen LogP contribution in [0.1, 0.15) is 5.56 Å². The maximum absolute atomic E-state index is 13.0. The third-order valence-electron chi connectivity index (χ3n) is 3.62. The van der Waals surface area contributed by atoms with Gasteiger partial charge in [-0.15, -0.1) is 0 Å². The number of aliphatic carboxylic acids is 1. The summed E-state index contributed by atoms with van der Waals surface area (Å²) < 4.78 is 18.2. The van der Waals surface area contributed by atoms with E-state index in [-0.39, 0.29) is 19.0 Å². The highest BCUT2D eigenvalue weighted by Crippen LogP contribution is 2.21. The number of amides is 2. The van der Waals surface area contributed by atoms with E-state index in [0.717, 1.165) is 0 Å². The summed E-state index contributed by atoms with van der Waals surface area (Å²) in [4.78, 5) is 24.6. The molecule has 1 fully saturated rings. The molecule has 21 heavy (non-hydrogen) atoms. The van der Waals surface area contributed by atoms with Crippen molar-refractivity contribution in [3.05, 3.63) is 29.6 Å². The zero-order valence-corrected chi connectivity index (χ0v) is 11.8. The number of ether oxygens (including phenoxy) is 1. The van der Waals surface area contributed by atoms with Crippen molar-refractivity contribution in [3.63, 3.8) is 0 Å². The first kappa shape index (κ1) is 15.2. The number of carboxylic acids is 1. The van der Waals surface area contributed by atoms with Gasteiger partial charge in [-0.2, -0.15) is 0 Å². The predicted molar refractivity (Wildman–Crippen MR) is 73.7 cm³/mol. The fourth-order valence-electron chi connectivity index (χ4n) is 2.28. The number of anilines is 1. The van der Waals surface area contributed by atoms with Gasteiger partial charge in [0.1, 0.15) is 11.7 Å². The summed E-state index contributed by atoms with van der Waals surface area (Å²) in [6.45, 7) is 1.95. The zero-order chi connectivity index (χ0) is 15.6. The van der Waals surface area contributed by atoms with Gasteiger partial charge in [-0.1, -0.05) is 0 Å². The van der Waals surface area contributed by atoms with E-state index in [9.17, 15) is 14.0 Å². The van der Waals surface area contributed by atoms with E-state index in [2.05, 4.69) is 5.32 Å². The predicted octanol–water partition coefficient (Wildman–Crippen LogP) is 1.70. The molecule has 1 aromatic rings. The minimum atomic E-state index is -0.991. The topological polar surface area (TPSA) is 78.9 Å². The summed E-state index contributed by atoms with van der Waals surface area (Å²) in [7, 11) is 1.52. The summed E-state index contributed by atoms with van der Waals surface area (Å²) >= 11 is 0. The van der Waals surface area contributed by atoms with E-state index in [1.807, 2.05) is 0 Å². The number of carbonyl (C=O) groups excluding carboxylic acids is 1. The minimum absolute atomic E-state index is 0.0905. The maximum Gasteiger partial charge on any atom is 0.321 e. The first-order valence-electron chi connectivity index (χ1n) is 6.50. The number of likely N-dealkylation sites (N-methyl/N-ethyl adjacent to an activating group) is 1. The summed E-state index contributed by atoms with van der Waals surface area (Å²) in [6, 6.07) is 3.06. The fourth-order valence-corrected chi connectivity index (χ4v) is 2.28. The Hall–Kier alpha value is -2.15. The Kier molecular flexibility index (Phi) is 4.42. The number of urea groups is 1. The standard InChI is InChI=1S/C14H17FN2O4/c1-8-5-9(15)3-4-11(8)16-14(20)17(2)12-7-21-6-10(12)13(18)19/h3-5,10,12H,6-7H2,1-2H3,(H,16,20)(H,18,19). The van der Waals surface area contributed by atoms with Crippen LogP contribution in [0.15, 0.2) is 18.2 Å². The highest BCUT2D eigenvalue weighted by atomic mass is 19.1. The van der Waals surface area contributed by atoms with Crippen molar-refractivity contribution in [2.45, 2.75) is 13.0 Å². The number of halogens is 1. The van der Waals surface area contributed by atoms with E-state index >= 15 is 0 Å². The monoisotopic (exact) mass is 296 g/mol. The summed E-state index contributed by atoms with van der Waals surface area (Å²) in [5.41, 5.74) is 1.08. The third kappa shape index (κ3) is 3.30. The highest BCUT2D eigenvalue weighted by molar-refractivity contribution is 5.90. The first-order chi connectivity index (χ1) is 9.90. The number of rotatable bonds is 3. The zero-order valence-electron chi connectivity index (χ0n) is 11.8. The Morgan fingerprint density at radius 1 is 1.43 bits per heavy atom. The number of carbonyl (C=O) groups is 2. The minimum Gasteiger partial charge on any atom is -0.481 e. The molecule has 0 bridgehead atoms. The van der Waals surface area contributed by atoms with Gasteiger partial charge >= 0.3 is 12.0 Å². The first-order valence-corrected chi connectivity index (χ1v) is 6.50. The SMILES string of the molecule is Cc1cc(F)ccc1NC(=O)N(C)C1COCC1C(=O)O. The van der Waals surface area contributed by atoms with Gasteiger partial charge in [0, 0.05) is 12.7 Å². The second-order valence-electron chi connectivity index (χ2n) is 5.05.